The molecule has 14 heavy (non-hydrogen) atoms. The molecule has 1 unspecified atom stereocenters. The smallest absolute Gasteiger partial charge is 0.0642 e. The van der Waals surface area contributed by atoms with Crippen LogP contribution in [-0.2, 0) is 9.47 Å². The predicted molar refractivity (Wildman–Crippen MR) is 54.3 cm³/mol. The Morgan fingerprint density at radius 2 is 2.21 bits per heavy atom. The van der Waals surface area contributed by atoms with E-state index in [0.717, 1.165) is 32.7 Å². The molecule has 84 valence electrons. The highest BCUT2D eigenvalue weighted by Gasteiger charge is 2.14. The Morgan fingerprint density at radius 3 is 2.79 bits per heavy atom. The van der Waals surface area contributed by atoms with Crippen LogP contribution in [0.3, 0.4) is 0 Å². The molecule has 0 aromatic rings. The van der Waals surface area contributed by atoms with Gasteiger partial charge in [0.05, 0.1) is 19.3 Å². The molecule has 1 aliphatic rings. The molecule has 0 aromatic carbocycles. The molecule has 0 aliphatic carbocycles. The standard InChI is InChI=1S/C10H21NO3/c1-11-10(6-12)8-14-7-9-2-4-13-5-3-9/h9-12H,2-8H2,1H3. The molecule has 1 aliphatic heterocycles. The van der Waals surface area contributed by atoms with Crippen LogP contribution in [-0.4, -0.2) is 51.2 Å². The van der Waals surface area contributed by atoms with Crippen LogP contribution >= 0.6 is 0 Å². The van der Waals surface area contributed by atoms with Crippen LogP contribution in [0.1, 0.15) is 12.8 Å². The lowest BCUT2D eigenvalue weighted by molar-refractivity contribution is 0.0116. The maximum atomic E-state index is 8.90. The lowest BCUT2D eigenvalue weighted by Crippen LogP contribution is -2.34. The topological polar surface area (TPSA) is 50.7 Å². The van der Waals surface area contributed by atoms with Gasteiger partial charge in [-0.1, -0.05) is 0 Å². The van der Waals surface area contributed by atoms with Gasteiger partial charge in [0.15, 0.2) is 0 Å². The third kappa shape index (κ3) is 4.37. The average molecular weight is 203 g/mol. The minimum absolute atomic E-state index is 0.0647. The van der Waals surface area contributed by atoms with E-state index in [1.807, 2.05) is 7.05 Å². The number of ether oxygens (including phenoxy) is 2. The molecule has 1 heterocycles. The molecule has 0 bridgehead atoms. The van der Waals surface area contributed by atoms with E-state index >= 15 is 0 Å². The lowest BCUT2D eigenvalue weighted by Gasteiger charge is -2.22. The predicted octanol–water partition coefficient (Wildman–Crippen LogP) is 0.00990. The maximum absolute atomic E-state index is 8.90. The largest absolute Gasteiger partial charge is 0.395 e. The molecule has 0 aromatic heterocycles. The fourth-order valence-corrected chi connectivity index (χ4v) is 1.52. The van der Waals surface area contributed by atoms with E-state index in [2.05, 4.69) is 5.32 Å². The van der Waals surface area contributed by atoms with E-state index in [4.69, 9.17) is 14.6 Å². The second-order valence-corrected chi connectivity index (χ2v) is 3.76. The first kappa shape index (κ1) is 11.9. The number of aliphatic hydroxyl groups is 1. The Bertz CT molecular complexity index is 133. The van der Waals surface area contributed by atoms with E-state index in [0.29, 0.717) is 12.5 Å². The Balaban J connectivity index is 2.01. The summed E-state index contributed by atoms with van der Waals surface area (Å²) < 4.78 is 10.8. The van der Waals surface area contributed by atoms with Gasteiger partial charge in [0.25, 0.3) is 0 Å². The second kappa shape index (κ2) is 7.17. The number of nitrogens with one attached hydrogen (secondary N) is 1. The van der Waals surface area contributed by atoms with Gasteiger partial charge >= 0.3 is 0 Å². The zero-order chi connectivity index (χ0) is 10.2. The van der Waals surface area contributed by atoms with Crippen LogP contribution in [0.5, 0.6) is 0 Å². The zero-order valence-corrected chi connectivity index (χ0v) is 8.87. The molecular weight excluding hydrogens is 182 g/mol. The van der Waals surface area contributed by atoms with E-state index in [9.17, 15) is 0 Å². The number of hydrogen-bond acceptors (Lipinski definition) is 4. The molecule has 1 saturated heterocycles. The summed E-state index contributed by atoms with van der Waals surface area (Å²) in [5.41, 5.74) is 0. The van der Waals surface area contributed by atoms with Crippen LogP contribution in [0.15, 0.2) is 0 Å². The molecule has 0 radical (unpaired) electrons. The summed E-state index contributed by atoms with van der Waals surface area (Å²) in [5, 5.41) is 11.9. The number of likely N-dealkylation sites (N-methyl/N-ethyl adjacent to an activating group) is 1. The fourth-order valence-electron chi connectivity index (χ4n) is 1.52. The summed E-state index contributed by atoms with van der Waals surface area (Å²) in [6.07, 6.45) is 2.20. The highest BCUT2D eigenvalue weighted by molar-refractivity contribution is 4.64. The van der Waals surface area contributed by atoms with Crippen molar-refractivity contribution in [2.75, 3.05) is 40.1 Å². The summed E-state index contributed by atoms with van der Waals surface area (Å²) in [7, 11) is 1.83. The Morgan fingerprint density at radius 1 is 1.50 bits per heavy atom. The fraction of sp³-hybridized carbons (Fsp3) is 1.00. The SMILES string of the molecule is CNC(CO)COCC1CCOCC1. The monoisotopic (exact) mass is 203 g/mol. The third-order valence-electron chi connectivity index (χ3n) is 2.64. The molecule has 0 amide bonds. The van der Waals surface area contributed by atoms with Crippen LogP contribution < -0.4 is 5.32 Å². The van der Waals surface area contributed by atoms with Crippen LogP contribution in [0, 0.1) is 5.92 Å². The van der Waals surface area contributed by atoms with Crippen molar-refractivity contribution in [3.8, 4) is 0 Å². The number of aliphatic hydroxyl groups excluding tert-OH is 1. The van der Waals surface area contributed by atoms with E-state index in [1.54, 1.807) is 0 Å². The van der Waals surface area contributed by atoms with Crippen molar-refractivity contribution in [3.05, 3.63) is 0 Å². The average Bonchev–Trinajstić information content (AvgIpc) is 2.26. The van der Waals surface area contributed by atoms with Gasteiger partial charge in [-0.25, -0.2) is 0 Å². The quantitative estimate of drug-likeness (QED) is 0.638. The van der Waals surface area contributed by atoms with Gasteiger partial charge in [0.1, 0.15) is 0 Å². The molecule has 1 rings (SSSR count). The van der Waals surface area contributed by atoms with Crippen molar-refractivity contribution in [1.29, 1.82) is 0 Å². The number of rotatable bonds is 6. The maximum Gasteiger partial charge on any atom is 0.0642 e. The summed E-state index contributed by atoms with van der Waals surface area (Å²) in [6, 6.07) is 0.0647. The van der Waals surface area contributed by atoms with Gasteiger partial charge in [-0.3, -0.25) is 0 Å². The summed E-state index contributed by atoms with van der Waals surface area (Å²) in [4.78, 5) is 0. The van der Waals surface area contributed by atoms with Crippen molar-refractivity contribution in [3.63, 3.8) is 0 Å². The van der Waals surface area contributed by atoms with Crippen molar-refractivity contribution < 1.29 is 14.6 Å². The first-order valence-corrected chi connectivity index (χ1v) is 5.30. The Labute approximate surface area is 85.6 Å². The molecule has 1 fully saturated rings. The Hall–Kier alpha value is -0.160. The van der Waals surface area contributed by atoms with Gasteiger partial charge < -0.3 is 19.9 Å². The van der Waals surface area contributed by atoms with Crippen molar-refractivity contribution in [2.24, 2.45) is 5.92 Å². The normalized spacial score (nSPS) is 21.0. The molecule has 0 saturated carbocycles. The molecular formula is C10H21NO3. The molecule has 4 nitrogen and oxygen atoms in total. The van der Waals surface area contributed by atoms with E-state index in [1.165, 1.54) is 0 Å². The van der Waals surface area contributed by atoms with Gasteiger partial charge in [-0.15, -0.1) is 0 Å². The molecule has 2 N–H and O–H groups in total. The van der Waals surface area contributed by atoms with Crippen LogP contribution in [0.25, 0.3) is 0 Å². The minimum atomic E-state index is 0.0647. The first-order chi connectivity index (χ1) is 6.86. The number of hydrogen-bond donors (Lipinski definition) is 2. The Kier molecular flexibility index (Phi) is 6.10. The highest BCUT2D eigenvalue weighted by Crippen LogP contribution is 2.14. The molecule has 0 spiro atoms. The minimum Gasteiger partial charge on any atom is -0.395 e. The summed E-state index contributed by atoms with van der Waals surface area (Å²) >= 11 is 0. The highest BCUT2D eigenvalue weighted by atomic mass is 16.5. The van der Waals surface area contributed by atoms with Gasteiger partial charge in [-0.05, 0) is 25.8 Å². The molecule has 4 heteroatoms. The van der Waals surface area contributed by atoms with Crippen molar-refractivity contribution in [1.82, 2.24) is 5.32 Å². The van der Waals surface area contributed by atoms with Crippen molar-refractivity contribution in [2.45, 2.75) is 18.9 Å². The second-order valence-electron chi connectivity index (χ2n) is 3.76. The third-order valence-corrected chi connectivity index (χ3v) is 2.64. The van der Waals surface area contributed by atoms with Crippen LogP contribution in [0.4, 0.5) is 0 Å². The zero-order valence-electron chi connectivity index (χ0n) is 8.87. The van der Waals surface area contributed by atoms with Gasteiger partial charge in [0, 0.05) is 19.8 Å². The summed E-state index contributed by atoms with van der Waals surface area (Å²) in [5.74, 6) is 0.639. The van der Waals surface area contributed by atoms with E-state index < -0.39 is 0 Å². The first-order valence-electron chi connectivity index (χ1n) is 5.30. The van der Waals surface area contributed by atoms with Crippen molar-refractivity contribution >= 4 is 0 Å². The lowest BCUT2D eigenvalue weighted by atomic mass is 10.0. The van der Waals surface area contributed by atoms with E-state index in [-0.39, 0.29) is 12.6 Å². The van der Waals surface area contributed by atoms with Gasteiger partial charge in [-0.2, -0.15) is 0 Å². The van der Waals surface area contributed by atoms with Gasteiger partial charge in [0.2, 0.25) is 0 Å². The summed E-state index contributed by atoms with van der Waals surface area (Å²) in [6.45, 7) is 3.24. The van der Waals surface area contributed by atoms with Crippen LogP contribution in [0.2, 0.25) is 0 Å². The molecule has 1 atom stereocenters.